The molecule has 0 radical (unpaired) electrons. The van der Waals surface area contributed by atoms with Gasteiger partial charge in [-0.2, -0.15) is 0 Å². The Kier molecular flexibility index (Phi) is 10.6. The fourth-order valence-electron chi connectivity index (χ4n) is 2.73. The van der Waals surface area contributed by atoms with Gasteiger partial charge in [0.1, 0.15) is 5.75 Å². The van der Waals surface area contributed by atoms with Crippen LogP contribution in [0.1, 0.15) is 71.1 Å². The van der Waals surface area contributed by atoms with Gasteiger partial charge in [0.15, 0.2) is 0 Å². The zero-order valence-electron chi connectivity index (χ0n) is 14.7. The molecule has 1 atom stereocenters. The van der Waals surface area contributed by atoms with Crippen LogP contribution in [0.25, 0.3) is 0 Å². The van der Waals surface area contributed by atoms with E-state index < -0.39 is 17.9 Å². The molecule has 0 spiro atoms. The van der Waals surface area contributed by atoms with Gasteiger partial charge in [-0.1, -0.05) is 76.5 Å². The molecule has 0 aromatic heterocycles. The van der Waals surface area contributed by atoms with E-state index in [2.05, 4.69) is 6.92 Å². The lowest BCUT2D eigenvalue weighted by Crippen LogP contribution is -2.23. The largest absolute Gasteiger partial charge is 0.481 e. The number of carbonyl (C=O) groups excluding carboxylic acids is 1. The van der Waals surface area contributed by atoms with Crippen molar-refractivity contribution in [3.8, 4) is 5.75 Å². The minimum Gasteiger partial charge on any atom is -0.481 e. The van der Waals surface area contributed by atoms with Crippen molar-refractivity contribution in [1.82, 2.24) is 0 Å². The summed E-state index contributed by atoms with van der Waals surface area (Å²) in [4.78, 5) is 23.2. The van der Waals surface area contributed by atoms with E-state index in [1.54, 1.807) is 24.3 Å². The molecule has 0 bridgehead atoms. The molecule has 0 heterocycles. The second-order valence-electron chi connectivity index (χ2n) is 6.29. The Bertz CT molecular complexity index is 470. The Labute approximate surface area is 145 Å². The standard InChI is InChI=1S/C20H30O4/c1-2-3-4-5-6-7-8-10-13-17(16-19(21)22)20(23)24-18-14-11-9-12-15-18/h9,11-12,14-15,17H,2-8,10,13,16H2,1H3,(H,21,22). The predicted molar refractivity (Wildman–Crippen MR) is 95.0 cm³/mol. The van der Waals surface area contributed by atoms with Crippen LogP contribution in [0.3, 0.4) is 0 Å². The predicted octanol–water partition coefficient (Wildman–Crippen LogP) is 5.21. The number of para-hydroxylation sites is 1. The first kappa shape index (κ1) is 20.2. The molecule has 1 aromatic carbocycles. The van der Waals surface area contributed by atoms with E-state index in [0.717, 1.165) is 19.3 Å². The SMILES string of the molecule is CCCCCCCCCCC(CC(=O)O)C(=O)Oc1ccccc1. The van der Waals surface area contributed by atoms with Crippen molar-refractivity contribution in [2.45, 2.75) is 71.1 Å². The summed E-state index contributed by atoms with van der Waals surface area (Å²) in [6.07, 6.45) is 9.80. The van der Waals surface area contributed by atoms with Crippen molar-refractivity contribution in [3.63, 3.8) is 0 Å². The summed E-state index contributed by atoms with van der Waals surface area (Å²) in [7, 11) is 0. The second kappa shape index (κ2) is 12.6. The highest BCUT2D eigenvalue weighted by molar-refractivity contribution is 5.80. The number of benzene rings is 1. The average molecular weight is 334 g/mol. The summed E-state index contributed by atoms with van der Waals surface area (Å²) in [5.41, 5.74) is 0. The second-order valence-corrected chi connectivity index (χ2v) is 6.29. The van der Waals surface area contributed by atoms with Crippen LogP contribution in [0.4, 0.5) is 0 Å². The topological polar surface area (TPSA) is 63.6 Å². The molecule has 1 rings (SSSR count). The molecule has 24 heavy (non-hydrogen) atoms. The van der Waals surface area contributed by atoms with Crippen LogP contribution in [-0.4, -0.2) is 17.0 Å². The Balaban J connectivity index is 2.31. The number of ether oxygens (including phenoxy) is 1. The Hall–Kier alpha value is -1.84. The zero-order valence-corrected chi connectivity index (χ0v) is 14.7. The van der Waals surface area contributed by atoms with E-state index in [-0.39, 0.29) is 6.42 Å². The van der Waals surface area contributed by atoms with Crippen molar-refractivity contribution in [2.75, 3.05) is 0 Å². The lowest BCUT2D eigenvalue weighted by molar-refractivity contribution is -0.146. The van der Waals surface area contributed by atoms with Crippen LogP contribution in [0, 0.1) is 5.92 Å². The number of carboxylic acid groups (broad SMARTS) is 1. The number of carboxylic acids is 1. The fraction of sp³-hybridized carbons (Fsp3) is 0.600. The van der Waals surface area contributed by atoms with Gasteiger partial charge in [-0.3, -0.25) is 9.59 Å². The Morgan fingerprint density at radius 3 is 2.12 bits per heavy atom. The van der Waals surface area contributed by atoms with E-state index in [4.69, 9.17) is 9.84 Å². The summed E-state index contributed by atoms with van der Waals surface area (Å²) >= 11 is 0. The van der Waals surface area contributed by atoms with Crippen LogP contribution < -0.4 is 4.74 Å². The highest BCUT2D eigenvalue weighted by Gasteiger charge is 2.23. The first-order chi connectivity index (χ1) is 11.6. The van der Waals surface area contributed by atoms with E-state index in [1.807, 2.05) is 6.07 Å². The molecule has 0 aliphatic rings. The molecule has 1 N–H and O–H groups in total. The van der Waals surface area contributed by atoms with Crippen molar-refractivity contribution < 1.29 is 19.4 Å². The number of carbonyl (C=O) groups is 2. The fourth-order valence-corrected chi connectivity index (χ4v) is 2.73. The van der Waals surface area contributed by atoms with Gasteiger partial charge < -0.3 is 9.84 Å². The first-order valence-electron chi connectivity index (χ1n) is 9.12. The maximum Gasteiger partial charge on any atom is 0.314 e. The molecule has 0 fully saturated rings. The van der Waals surface area contributed by atoms with Gasteiger partial charge in [0.25, 0.3) is 0 Å². The van der Waals surface area contributed by atoms with Crippen molar-refractivity contribution in [1.29, 1.82) is 0 Å². The third-order valence-electron chi connectivity index (χ3n) is 4.12. The Morgan fingerprint density at radius 2 is 1.54 bits per heavy atom. The maximum atomic E-state index is 12.2. The molecule has 134 valence electrons. The highest BCUT2D eigenvalue weighted by atomic mass is 16.5. The normalized spacial score (nSPS) is 11.9. The van der Waals surface area contributed by atoms with E-state index >= 15 is 0 Å². The van der Waals surface area contributed by atoms with Crippen LogP contribution in [-0.2, 0) is 9.59 Å². The van der Waals surface area contributed by atoms with Gasteiger partial charge in [0, 0.05) is 0 Å². The van der Waals surface area contributed by atoms with Crippen molar-refractivity contribution >= 4 is 11.9 Å². The number of hydrogen-bond donors (Lipinski definition) is 1. The van der Waals surface area contributed by atoms with Gasteiger partial charge in [-0.15, -0.1) is 0 Å². The Morgan fingerprint density at radius 1 is 0.958 bits per heavy atom. The summed E-state index contributed by atoms with van der Waals surface area (Å²) < 4.78 is 5.30. The summed E-state index contributed by atoms with van der Waals surface area (Å²) in [6, 6.07) is 8.81. The number of unbranched alkanes of at least 4 members (excludes halogenated alkanes) is 7. The summed E-state index contributed by atoms with van der Waals surface area (Å²) in [5.74, 6) is -1.49. The third kappa shape index (κ3) is 9.33. The van der Waals surface area contributed by atoms with Crippen molar-refractivity contribution in [3.05, 3.63) is 30.3 Å². The quantitative estimate of drug-likeness (QED) is 0.305. The van der Waals surface area contributed by atoms with Gasteiger partial charge in [-0.05, 0) is 18.6 Å². The molecule has 0 saturated heterocycles. The smallest absolute Gasteiger partial charge is 0.314 e. The molecule has 1 aromatic rings. The van der Waals surface area contributed by atoms with Gasteiger partial charge in [0.05, 0.1) is 12.3 Å². The third-order valence-corrected chi connectivity index (χ3v) is 4.12. The van der Waals surface area contributed by atoms with Crippen LogP contribution in [0.5, 0.6) is 5.75 Å². The molecule has 4 heteroatoms. The monoisotopic (exact) mass is 334 g/mol. The summed E-state index contributed by atoms with van der Waals surface area (Å²) in [6.45, 7) is 2.21. The van der Waals surface area contributed by atoms with E-state index in [1.165, 1.54) is 32.1 Å². The first-order valence-corrected chi connectivity index (χ1v) is 9.12. The average Bonchev–Trinajstić information content (AvgIpc) is 2.56. The lowest BCUT2D eigenvalue weighted by Gasteiger charge is -2.14. The molecular formula is C20H30O4. The van der Waals surface area contributed by atoms with Gasteiger partial charge >= 0.3 is 11.9 Å². The number of hydrogen-bond acceptors (Lipinski definition) is 3. The zero-order chi connectivity index (χ0) is 17.6. The van der Waals surface area contributed by atoms with Crippen LogP contribution in [0.2, 0.25) is 0 Å². The maximum absolute atomic E-state index is 12.2. The van der Waals surface area contributed by atoms with E-state index in [0.29, 0.717) is 12.2 Å². The van der Waals surface area contributed by atoms with Crippen LogP contribution >= 0.6 is 0 Å². The van der Waals surface area contributed by atoms with E-state index in [9.17, 15) is 9.59 Å². The molecule has 0 saturated carbocycles. The van der Waals surface area contributed by atoms with Gasteiger partial charge in [0.2, 0.25) is 0 Å². The molecule has 4 nitrogen and oxygen atoms in total. The highest BCUT2D eigenvalue weighted by Crippen LogP contribution is 2.19. The number of esters is 1. The molecular weight excluding hydrogens is 304 g/mol. The molecule has 0 amide bonds. The van der Waals surface area contributed by atoms with Gasteiger partial charge in [-0.25, -0.2) is 0 Å². The minimum atomic E-state index is -0.954. The lowest BCUT2D eigenvalue weighted by atomic mass is 9.97. The number of aliphatic carboxylic acids is 1. The van der Waals surface area contributed by atoms with Crippen LogP contribution in [0.15, 0.2) is 30.3 Å². The summed E-state index contributed by atoms with van der Waals surface area (Å²) in [5, 5.41) is 9.01. The molecule has 1 unspecified atom stereocenters. The number of rotatable bonds is 13. The molecule has 0 aliphatic heterocycles. The van der Waals surface area contributed by atoms with Crippen molar-refractivity contribution in [2.24, 2.45) is 5.92 Å². The molecule has 0 aliphatic carbocycles. The minimum absolute atomic E-state index is 0.165.